The van der Waals surface area contributed by atoms with E-state index in [-0.39, 0.29) is 5.56 Å². The predicted octanol–water partition coefficient (Wildman–Crippen LogP) is -1.80. The number of hydrogen-bond donors (Lipinski definition) is 6. The topological polar surface area (TPSA) is 218 Å². The molecule has 0 saturated carbocycles. The largest absolute Gasteiger partial charge is 0.481 e. The summed E-state index contributed by atoms with van der Waals surface area (Å²) in [6.07, 6.45) is -3.42. The summed E-state index contributed by atoms with van der Waals surface area (Å²) in [7, 11) is -10.8. The lowest BCUT2D eigenvalue weighted by molar-refractivity contribution is -0.178. The molecule has 4 atom stereocenters. The number of alkyl halides is 1. The summed E-state index contributed by atoms with van der Waals surface area (Å²) in [5.74, 6) is -2.95. The van der Waals surface area contributed by atoms with Gasteiger partial charge in [-0.3, -0.25) is 18.9 Å². The Kier molecular flexibility index (Phi) is 6.24. The zero-order chi connectivity index (χ0) is 20.6. The minimum atomic E-state index is -5.42. The lowest BCUT2D eigenvalue weighted by Crippen LogP contribution is -2.37. The van der Waals surface area contributed by atoms with Crippen molar-refractivity contribution in [3.05, 3.63) is 32.6 Å². The van der Waals surface area contributed by atoms with Gasteiger partial charge in [-0.1, -0.05) is 0 Å². The van der Waals surface area contributed by atoms with Crippen molar-refractivity contribution in [3.63, 3.8) is 0 Å². The van der Waals surface area contributed by atoms with Crippen LogP contribution in [0.4, 0.5) is 4.39 Å². The van der Waals surface area contributed by atoms with Gasteiger partial charge in [0.05, 0.1) is 12.2 Å². The molecular formula is C10H15FN2O12P2. The number of nitrogens with zero attached hydrogens (tertiary/aromatic N) is 1. The van der Waals surface area contributed by atoms with Crippen LogP contribution >= 0.6 is 15.6 Å². The Labute approximate surface area is 148 Å². The summed E-state index contributed by atoms with van der Waals surface area (Å²) in [5, 5.41) is 19.0. The normalized spacial score (nSPS) is 28.2. The van der Waals surface area contributed by atoms with E-state index in [9.17, 15) is 28.2 Å². The highest BCUT2D eigenvalue weighted by molar-refractivity contribution is 7.60. The summed E-state index contributed by atoms with van der Waals surface area (Å²) < 4.78 is 49.5. The average Bonchev–Trinajstić information content (AvgIpc) is 2.79. The van der Waals surface area contributed by atoms with Gasteiger partial charge in [0, 0.05) is 12.6 Å². The number of ether oxygens (including phenoxy) is 1. The Morgan fingerprint density at radius 2 is 2.00 bits per heavy atom. The molecule has 1 aromatic rings. The maximum atomic E-state index is 14.6. The molecule has 0 radical (unpaired) electrons. The van der Waals surface area contributed by atoms with Crippen LogP contribution in [0.15, 0.2) is 15.8 Å². The maximum absolute atomic E-state index is 14.6. The van der Waals surface area contributed by atoms with E-state index in [0.29, 0.717) is 4.57 Å². The van der Waals surface area contributed by atoms with Gasteiger partial charge in [0.25, 0.3) is 5.56 Å². The third-order valence-corrected chi connectivity index (χ3v) is 5.45. The second kappa shape index (κ2) is 7.64. The number of phosphoric ester groups is 1. The molecule has 14 nitrogen and oxygen atoms in total. The van der Waals surface area contributed by atoms with E-state index in [1.165, 1.54) is 0 Å². The molecule has 27 heavy (non-hydrogen) atoms. The van der Waals surface area contributed by atoms with Crippen molar-refractivity contribution in [1.82, 2.24) is 9.55 Å². The first-order valence-corrected chi connectivity index (χ1v) is 10.0. The van der Waals surface area contributed by atoms with Gasteiger partial charge in [0.15, 0.2) is 6.23 Å². The molecular weight excluding hydrogens is 421 g/mol. The number of phosphoric acid groups is 2. The molecule has 1 aromatic heterocycles. The van der Waals surface area contributed by atoms with Crippen LogP contribution in [-0.2, 0) is 29.3 Å². The van der Waals surface area contributed by atoms with Gasteiger partial charge in [0.1, 0.15) is 12.7 Å². The number of rotatable bonds is 7. The minimum absolute atomic E-state index is 0.284. The first-order valence-electron chi connectivity index (χ1n) is 6.99. The van der Waals surface area contributed by atoms with Crippen molar-refractivity contribution in [2.24, 2.45) is 0 Å². The molecule has 154 valence electrons. The van der Waals surface area contributed by atoms with Crippen molar-refractivity contribution in [2.45, 2.75) is 31.2 Å². The SMILES string of the molecule is O=c1[nH]c(=O)n([C@@H]2O[C@](F)(COP(=O)(O)OP(=O)(O)O)C[C@H]2O)cc1CO. The molecule has 1 fully saturated rings. The van der Waals surface area contributed by atoms with Crippen molar-refractivity contribution in [2.75, 3.05) is 6.61 Å². The fraction of sp³-hybridized carbons (Fsp3) is 0.600. The van der Waals surface area contributed by atoms with E-state index in [2.05, 4.69) is 8.83 Å². The summed E-state index contributed by atoms with van der Waals surface area (Å²) in [4.78, 5) is 51.1. The highest BCUT2D eigenvalue weighted by atomic mass is 31.3. The molecule has 2 heterocycles. The molecule has 1 unspecified atom stereocenters. The van der Waals surface area contributed by atoms with Crippen LogP contribution in [0.5, 0.6) is 0 Å². The number of hydrogen-bond acceptors (Lipinski definition) is 9. The molecule has 0 aromatic carbocycles. The van der Waals surface area contributed by atoms with E-state index in [1.807, 2.05) is 4.98 Å². The molecule has 0 spiro atoms. The van der Waals surface area contributed by atoms with Crippen molar-refractivity contribution in [1.29, 1.82) is 0 Å². The number of aromatic amines is 1. The number of aromatic nitrogens is 2. The van der Waals surface area contributed by atoms with E-state index in [0.717, 1.165) is 6.20 Å². The van der Waals surface area contributed by atoms with Gasteiger partial charge in [-0.05, 0) is 0 Å². The van der Waals surface area contributed by atoms with Crippen LogP contribution in [-0.4, -0.2) is 53.0 Å². The third-order valence-electron chi connectivity index (χ3n) is 3.31. The Hall–Kier alpha value is -1.25. The fourth-order valence-corrected chi connectivity index (χ4v) is 3.88. The molecule has 0 amide bonds. The van der Waals surface area contributed by atoms with E-state index in [4.69, 9.17) is 24.5 Å². The Morgan fingerprint density at radius 3 is 2.56 bits per heavy atom. The van der Waals surface area contributed by atoms with Crippen LogP contribution in [0.3, 0.4) is 0 Å². The predicted molar refractivity (Wildman–Crippen MR) is 80.7 cm³/mol. The molecule has 17 heteroatoms. The number of H-pyrrole nitrogens is 1. The monoisotopic (exact) mass is 436 g/mol. The minimum Gasteiger partial charge on any atom is -0.391 e. The summed E-state index contributed by atoms with van der Waals surface area (Å²) >= 11 is 0. The molecule has 1 aliphatic rings. The van der Waals surface area contributed by atoms with Crippen LogP contribution in [0.1, 0.15) is 18.2 Å². The van der Waals surface area contributed by atoms with Gasteiger partial charge in [-0.2, -0.15) is 4.31 Å². The van der Waals surface area contributed by atoms with Gasteiger partial charge >= 0.3 is 21.3 Å². The summed E-state index contributed by atoms with van der Waals surface area (Å²) in [6.45, 7) is -2.16. The van der Waals surface area contributed by atoms with Crippen molar-refractivity contribution in [3.8, 4) is 0 Å². The van der Waals surface area contributed by atoms with E-state index < -0.39 is 64.7 Å². The summed E-state index contributed by atoms with van der Waals surface area (Å²) in [6, 6.07) is 0. The zero-order valence-electron chi connectivity index (χ0n) is 13.2. The Balaban J connectivity index is 2.18. The average molecular weight is 436 g/mol. The van der Waals surface area contributed by atoms with Crippen molar-refractivity contribution < 1.29 is 52.0 Å². The van der Waals surface area contributed by atoms with Gasteiger partial charge in [-0.15, -0.1) is 0 Å². The third kappa shape index (κ3) is 5.62. The molecule has 2 rings (SSSR count). The van der Waals surface area contributed by atoms with E-state index >= 15 is 0 Å². The standard InChI is InChI=1S/C10H15FN2O12P2/c11-10(4-23-27(21,22)25-26(18,19)20)1-6(15)8(24-10)13-2-5(3-14)7(16)12-9(13)17/h2,6,8,14-15H,1,3-4H2,(H,21,22)(H,12,16,17)(H2,18,19,20)/t6-,8-,10+/m1/s1. The highest BCUT2D eigenvalue weighted by Crippen LogP contribution is 2.58. The van der Waals surface area contributed by atoms with Gasteiger partial charge in [-0.25, -0.2) is 18.3 Å². The number of nitrogens with one attached hydrogen (secondary N) is 1. The van der Waals surface area contributed by atoms with Crippen LogP contribution in [0.2, 0.25) is 0 Å². The fourth-order valence-electron chi connectivity index (χ4n) is 2.26. The number of aliphatic hydroxyl groups is 2. The van der Waals surface area contributed by atoms with E-state index in [1.54, 1.807) is 0 Å². The zero-order valence-corrected chi connectivity index (χ0v) is 15.0. The Bertz CT molecular complexity index is 910. The van der Waals surface area contributed by atoms with Crippen LogP contribution in [0, 0.1) is 0 Å². The lowest BCUT2D eigenvalue weighted by atomic mass is 10.2. The van der Waals surface area contributed by atoms with Gasteiger partial charge in [0.2, 0.25) is 5.85 Å². The molecule has 6 N–H and O–H groups in total. The number of aliphatic hydroxyl groups excluding tert-OH is 2. The quantitative estimate of drug-likeness (QED) is 0.261. The Morgan fingerprint density at radius 1 is 1.37 bits per heavy atom. The van der Waals surface area contributed by atoms with Crippen LogP contribution in [0.25, 0.3) is 0 Å². The smallest absolute Gasteiger partial charge is 0.391 e. The molecule has 0 bridgehead atoms. The highest BCUT2D eigenvalue weighted by Gasteiger charge is 2.50. The molecule has 1 aliphatic heterocycles. The maximum Gasteiger partial charge on any atom is 0.481 e. The first kappa shape index (κ1) is 22.0. The van der Waals surface area contributed by atoms with Crippen molar-refractivity contribution >= 4 is 15.6 Å². The second-order valence-corrected chi connectivity index (χ2v) is 8.29. The lowest BCUT2D eigenvalue weighted by Gasteiger charge is -2.22. The van der Waals surface area contributed by atoms with Gasteiger partial charge < -0.3 is 29.6 Å². The summed E-state index contributed by atoms with van der Waals surface area (Å²) in [5.41, 5.74) is -2.28. The second-order valence-electron chi connectivity index (χ2n) is 5.46. The molecule has 0 aliphatic carbocycles. The number of halogens is 1. The van der Waals surface area contributed by atoms with Crippen LogP contribution < -0.4 is 11.2 Å². The molecule has 1 saturated heterocycles. The first-order chi connectivity index (χ1) is 12.3.